The summed E-state index contributed by atoms with van der Waals surface area (Å²) >= 11 is 0. The highest BCUT2D eigenvalue weighted by atomic mass is 19.1. The molecule has 0 radical (unpaired) electrons. The highest BCUT2D eigenvalue weighted by Gasteiger charge is 2.27. The molecule has 1 aromatic carbocycles. The zero-order valence-electron chi connectivity index (χ0n) is 11.7. The van der Waals surface area contributed by atoms with Crippen LogP contribution in [-0.2, 0) is 0 Å². The largest absolute Gasteiger partial charge is 0.478 e. The maximum Gasteiger partial charge on any atom is 0.338 e. The van der Waals surface area contributed by atoms with Crippen molar-refractivity contribution in [2.45, 2.75) is 32.2 Å². The predicted octanol–water partition coefficient (Wildman–Crippen LogP) is 2.40. The third kappa shape index (κ3) is 3.88. The second-order valence-corrected chi connectivity index (χ2v) is 4.92. The lowest BCUT2D eigenvalue weighted by molar-refractivity contribution is -0.384. The van der Waals surface area contributed by atoms with Crippen LogP contribution in [0.25, 0.3) is 0 Å². The van der Waals surface area contributed by atoms with Gasteiger partial charge in [-0.2, -0.15) is 0 Å². The van der Waals surface area contributed by atoms with Gasteiger partial charge >= 0.3 is 5.97 Å². The molecule has 8 heteroatoms. The molecule has 0 saturated heterocycles. The number of hydrogen-bond acceptors (Lipinski definition) is 5. The molecule has 3 N–H and O–H groups in total. The third-order valence-electron chi connectivity index (χ3n) is 3.39. The van der Waals surface area contributed by atoms with Gasteiger partial charge in [0.05, 0.1) is 4.92 Å². The number of carboxylic acids is 1. The highest BCUT2D eigenvalue weighted by molar-refractivity contribution is 5.90. The first-order valence-electron chi connectivity index (χ1n) is 6.34. The normalized spacial score (nSPS) is 13.5. The summed E-state index contributed by atoms with van der Waals surface area (Å²) in [6.07, 6.45) is 0.843. The van der Waals surface area contributed by atoms with Gasteiger partial charge in [-0.1, -0.05) is 6.92 Å². The first kappa shape index (κ1) is 16.8. The molecule has 1 unspecified atom stereocenters. The number of rotatable bonds is 7. The van der Waals surface area contributed by atoms with Crippen molar-refractivity contribution in [2.24, 2.45) is 0 Å². The fourth-order valence-corrected chi connectivity index (χ4v) is 1.88. The molecule has 0 aromatic heterocycles. The van der Waals surface area contributed by atoms with Crippen LogP contribution in [-0.4, -0.2) is 33.3 Å². The van der Waals surface area contributed by atoms with Crippen molar-refractivity contribution in [2.75, 3.05) is 11.9 Å². The fraction of sp³-hybridized carbons (Fsp3) is 0.462. The van der Waals surface area contributed by atoms with Crippen molar-refractivity contribution in [3.63, 3.8) is 0 Å². The Morgan fingerprint density at radius 1 is 1.52 bits per heavy atom. The number of carboxylic acid groups (broad SMARTS) is 1. The van der Waals surface area contributed by atoms with E-state index in [1.807, 2.05) is 6.92 Å². The minimum absolute atomic E-state index is 0.111. The average molecular weight is 300 g/mol. The molecule has 7 nitrogen and oxygen atoms in total. The maximum absolute atomic E-state index is 13.7. The Morgan fingerprint density at radius 3 is 2.57 bits per heavy atom. The van der Waals surface area contributed by atoms with E-state index < -0.39 is 33.5 Å². The van der Waals surface area contributed by atoms with Gasteiger partial charge in [-0.05, 0) is 19.8 Å². The van der Waals surface area contributed by atoms with Gasteiger partial charge < -0.3 is 15.5 Å². The maximum atomic E-state index is 13.7. The molecular formula is C13H17FN2O5. The molecule has 0 amide bonds. The molecule has 1 rings (SSSR count). The molecule has 116 valence electrons. The van der Waals surface area contributed by atoms with Gasteiger partial charge in [0.15, 0.2) is 0 Å². The zero-order chi connectivity index (χ0) is 16.2. The Balaban J connectivity index is 3.32. The quantitative estimate of drug-likeness (QED) is 0.526. The first-order chi connectivity index (χ1) is 9.74. The molecule has 0 aliphatic carbocycles. The summed E-state index contributed by atoms with van der Waals surface area (Å²) in [5, 5.41) is 31.7. The monoisotopic (exact) mass is 300 g/mol. The Hall–Kier alpha value is -2.22. The third-order valence-corrected chi connectivity index (χ3v) is 3.39. The van der Waals surface area contributed by atoms with Crippen molar-refractivity contribution in [1.82, 2.24) is 0 Å². The van der Waals surface area contributed by atoms with Crippen molar-refractivity contribution in [3.8, 4) is 0 Å². The summed E-state index contributed by atoms with van der Waals surface area (Å²) in [6, 6.07) is 1.49. The van der Waals surface area contributed by atoms with Crippen LogP contribution >= 0.6 is 0 Å². The van der Waals surface area contributed by atoms with Crippen molar-refractivity contribution >= 4 is 17.3 Å². The molecular weight excluding hydrogens is 283 g/mol. The van der Waals surface area contributed by atoms with Gasteiger partial charge in [-0.15, -0.1) is 0 Å². The molecule has 0 heterocycles. The van der Waals surface area contributed by atoms with Crippen LogP contribution in [0, 0.1) is 15.9 Å². The number of benzene rings is 1. The molecule has 0 saturated carbocycles. The molecule has 21 heavy (non-hydrogen) atoms. The van der Waals surface area contributed by atoms with E-state index in [4.69, 9.17) is 10.2 Å². The van der Waals surface area contributed by atoms with Gasteiger partial charge in [0.25, 0.3) is 5.69 Å². The van der Waals surface area contributed by atoms with Crippen molar-refractivity contribution in [3.05, 3.63) is 33.6 Å². The summed E-state index contributed by atoms with van der Waals surface area (Å²) in [5.41, 5.74) is -2.06. The van der Waals surface area contributed by atoms with Gasteiger partial charge in [-0.3, -0.25) is 10.1 Å². The first-order valence-corrected chi connectivity index (χ1v) is 6.34. The summed E-state index contributed by atoms with van der Waals surface area (Å²) in [6.45, 7) is 3.41. The number of hydrogen-bond donors (Lipinski definition) is 3. The number of halogens is 1. The number of aliphatic hydroxyl groups is 1. The number of nitro groups is 1. The van der Waals surface area contributed by atoms with E-state index in [0.29, 0.717) is 18.9 Å². The number of aromatic carboxylic acids is 1. The highest BCUT2D eigenvalue weighted by Crippen LogP contribution is 2.32. The number of nitro benzene ring substituents is 1. The van der Waals surface area contributed by atoms with Crippen LogP contribution in [0.1, 0.15) is 37.0 Å². The molecule has 1 atom stereocenters. The van der Waals surface area contributed by atoms with E-state index in [1.54, 1.807) is 6.92 Å². The Bertz CT molecular complexity index is 564. The molecule has 1 aromatic rings. The molecule has 0 fully saturated rings. The second-order valence-electron chi connectivity index (χ2n) is 4.92. The van der Waals surface area contributed by atoms with E-state index in [9.17, 15) is 19.3 Å². The number of anilines is 1. The lowest BCUT2D eigenvalue weighted by Gasteiger charge is -2.30. The minimum atomic E-state index is -1.57. The Labute approximate surface area is 120 Å². The van der Waals surface area contributed by atoms with E-state index in [1.165, 1.54) is 0 Å². The van der Waals surface area contributed by atoms with Crippen LogP contribution in [0.5, 0.6) is 0 Å². The van der Waals surface area contributed by atoms with E-state index in [2.05, 4.69) is 5.32 Å². The van der Waals surface area contributed by atoms with Crippen LogP contribution in [0.4, 0.5) is 15.8 Å². The number of nitrogens with one attached hydrogen (secondary N) is 1. The van der Waals surface area contributed by atoms with Crippen LogP contribution in [0.3, 0.4) is 0 Å². The van der Waals surface area contributed by atoms with Crippen molar-refractivity contribution < 1.29 is 24.3 Å². The SMILES string of the molecule is CCC(C)(CCO)Nc1cc(F)c(C(=O)O)cc1[N+](=O)[O-]. The van der Waals surface area contributed by atoms with Crippen LogP contribution < -0.4 is 5.32 Å². The standard InChI is InChI=1S/C13H17FN2O5/c1-3-13(2,4-5-17)15-10-7-9(14)8(12(18)19)6-11(10)16(20)21/h6-7,15,17H,3-5H2,1-2H3,(H,18,19). The molecule has 0 aliphatic heterocycles. The van der Waals surface area contributed by atoms with Gasteiger partial charge in [0.2, 0.25) is 0 Å². The van der Waals surface area contributed by atoms with E-state index in [0.717, 1.165) is 6.07 Å². The predicted molar refractivity (Wildman–Crippen MR) is 74.0 cm³/mol. The van der Waals surface area contributed by atoms with Crippen LogP contribution in [0.15, 0.2) is 12.1 Å². The van der Waals surface area contributed by atoms with Gasteiger partial charge in [0.1, 0.15) is 17.1 Å². The van der Waals surface area contributed by atoms with Crippen molar-refractivity contribution in [1.29, 1.82) is 0 Å². The lowest BCUT2D eigenvalue weighted by Crippen LogP contribution is -2.35. The van der Waals surface area contributed by atoms with Gasteiger partial charge in [-0.25, -0.2) is 9.18 Å². The van der Waals surface area contributed by atoms with Gasteiger partial charge in [0, 0.05) is 24.3 Å². The smallest absolute Gasteiger partial charge is 0.338 e. The Kier molecular flexibility index (Phi) is 5.20. The summed E-state index contributed by atoms with van der Waals surface area (Å²) in [7, 11) is 0. The molecule has 0 spiro atoms. The fourth-order valence-electron chi connectivity index (χ4n) is 1.88. The minimum Gasteiger partial charge on any atom is -0.478 e. The molecule has 0 aliphatic rings. The second kappa shape index (κ2) is 6.49. The van der Waals surface area contributed by atoms with E-state index in [-0.39, 0.29) is 12.3 Å². The summed E-state index contributed by atoms with van der Waals surface area (Å²) in [4.78, 5) is 21.1. The Morgan fingerprint density at radius 2 is 2.14 bits per heavy atom. The van der Waals surface area contributed by atoms with E-state index >= 15 is 0 Å². The van der Waals surface area contributed by atoms with Crippen LogP contribution in [0.2, 0.25) is 0 Å². The average Bonchev–Trinajstić information content (AvgIpc) is 2.38. The molecule has 0 bridgehead atoms. The number of carbonyl (C=O) groups is 1. The lowest BCUT2D eigenvalue weighted by atomic mass is 9.94. The summed E-state index contributed by atoms with van der Waals surface area (Å²) < 4.78 is 13.7. The summed E-state index contributed by atoms with van der Waals surface area (Å²) in [5.74, 6) is -2.63. The number of aliphatic hydroxyl groups excluding tert-OH is 1. The number of nitrogens with zero attached hydrogens (tertiary/aromatic N) is 1. The topological polar surface area (TPSA) is 113 Å². The zero-order valence-corrected chi connectivity index (χ0v) is 11.7.